The van der Waals surface area contributed by atoms with E-state index >= 15 is 0 Å². The molecule has 0 radical (unpaired) electrons. The Kier molecular flexibility index (Phi) is 40.2. The van der Waals surface area contributed by atoms with E-state index in [4.69, 9.17) is 9.04 Å². The fraction of sp³-hybridized carbons (Fsp3) is 0. The maximum atomic E-state index is 8.58. The molecule has 0 aromatic heterocycles. The first-order valence-electron chi connectivity index (χ1n) is 0.632. The van der Waals surface area contributed by atoms with Gasteiger partial charge in [-0.15, -0.1) is 0 Å². The van der Waals surface area contributed by atoms with Gasteiger partial charge in [-0.05, 0) is 0 Å². The van der Waals surface area contributed by atoms with E-state index < -0.39 is 27.8 Å². The van der Waals surface area contributed by atoms with Gasteiger partial charge in [-0.25, -0.2) is 0 Å². The Labute approximate surface area is 46.0 Å². The first-order valence-corrected chi connectivity index (χ1v) is 4.48. The van der Waals surface area contributed by atoms with Crippen LogP contribution in [0.4, 0.5) is 0 Å². The van der Waals surface area contributed by atoms with Crippen molar-refractivity contribution in [3.63, 3.8) is 0 Å². The normalized spacial score (nSPS) is 2.40. The summed E-state index contributed by atoms with van der Waals surface area (Å²) in [5.41, 5.74) is 0. The monoisotopic (exact) mass is 319 g/mol. The standard InChI is InChI=1S/HOP.2O.U/c1-2;;;/h2H;;;/p+1. The molecule has 1 N–H and O–H groups in total. The molecule has 0 amide bonds. The van der Waals surface area contributed by atoms with Crippen LogP contribution in [0.3, 0.4) is 0 Å². The molecule has 5 heteroatoms. The second-order valence-electron chi connectivity index (χ2n) is 0.0833. The van der Waals surface area contributed by atoms with Crippen LogP contribution in [-0.2, 0) is 4.47 Å². The molecule has 0 aliphatic rings. The van der Waals surface area contributed by atoms with Crippen molar-refractivity contribution >= 4 is 9.12 Å². The Hall–Kier alpha value is 0.752. The molecule has 0 aliphatic heterocycles. The molecule has 0 saturated heterocycles. The van der Waals surface area contributed by atoms with E-state index in [-0.39, 0.29) is 0 Å². The summed E-state index contributed by atoms with van der Waals surface area (Å²) in [5.74, 6) is 0. The van der Waals surface area contributed by atoms with E-state index in [1.54, 1.807) is 0 Å². The summed E-state index contributed by atoms with van der Waals surface area (Å²) >= 11 is -2.51. The molecule has 28 valence electrons. The molecule has 0 spiro atoms. The maximum absolute atomic E-state index is 8.58. The third-order valence-corrected chi connectivity index (χ3v) is 0. The predicted molar refractivity (Wildman–Crippen MR) is 11.6 cm³/mol. The van der Waals surface area contributed by atoms with Gasteiger partial charge in [0.05, 0.1) is 0 Å². The average molecular weight is 319 g/mol. The Bertz CT molecular complexity index is 36.2. The molecule has 5 heavy (non-hydrogen) atoms. The molecular weight excluding hydrogens is 317 g/mol. The van der Waals surface area contributed by atoms with Crippen LogP contribution < -0.4 is 0 Å². The fourth-order valence-corrected chi connectivity index (χ4v) is 0. The van der Waals surface area contributed by atoms with E-state index in [0.717, 1.165) is 0 Å². The topological polar surface area (TPSA) is 55.5 Å². The van der Waals surface area contributed by atoms with Crippen molar-refractivity contribution in [2.24, 2.45) is 0 Å². The molecule has 0 bridgehead atoms. The first kappa shape index (κ1) is 9.23. The molecule has 0 heterocycles. The number of rotatable bonds is 0. The van der Waals surface area contributed by atoms with Crippen molar-refractivity contribution in [3.05, 3.63) is 0 Å². The van der Waals surface area contributed by atoms with Gasteiger partial charge in [0.1, 0.15) is 0 Å². The summed E-state index contributed by atoms with van der Waals surface area (Å²) in [6, 6.07) is 0. The van der Waals surface area contributed by atoms with E-state index in [0.29, 0.717) is 0 Å². The quantitative estimate of drug-likeness (QED) is 0.472. The molecule has 0 atom stereocenters. The van der Waals surface area contributed by atoms with Crippen LogP contribution in [0.25, 0.3) is 0 Å². The molecule has 0 aliphatic carbocycles. The fourth-order valence-electron chi connectivity index (χ4n) is 0. The van der Waals surface area contributed by atoms with Gasteiger partial charge in [-0.2, -0.15) is 0 Å². The van der Waals surface area contributed by atoms with Crippen molar-refractivity contribution in [3.8, 4) is 0 Å². The van der Waals surface area contributed by atoms with E-state index in [1.807, 2.05) is 9.12 Å². The Morgan fingerprint density at radius 1 is 1.40 bits per heavy atom. The third-order valence-electron chi connectivity index (χ3n) is 0. The van der Waals surface area contributed by atoms with Gasteiger partial charge in [-0.1, -0.05) is 0 Å². The summed E-state index contributed by atoms with van der Waals surface area (Å²) < 4.78 is 24.0. The molecule has 0 unspecified atom stereocenters. The van der Waals surface area contributed by atoms with Crippen LogP contribution in [0.5, 0.6) is 0 Å². The molecule has 0 fully saturated rings. The van der Waals surface area contributed by atoms with Crippen molar-refractivity contribution in [2.75, 3.05) is 0 Å². The molecular formula is H2O3PU+. The summed E-state index contributed by atoms with van der Waals surface area (Å²) in [5, 5.41) is 0. The second kappa shape index (κ2) is 21.8. The molecule has 3 nitrogen and oxygen atoms in total. The summed E-state index contributed by atoms with van der Waals surface area (Å²) in [6.07, 6.45) is 0. The summed E-state index contributed by atoms with van der Waals surface area (Å²) in [7, 11) is 1.97. The van der Waals surface area contributed by atoms with Crippen molar-refractivity contribution in [2.45, 2.75) is 0 Å². The van der Waals surface area contributed by atoms with Crippen LogP contribution >= 0.6 is 9.12 Å². The van der Waals surface area contributed by atoms with E-state index in [1.165, 1.54) is 0 Å². The summed E-state index contributed by atoms with van der Waals surface area (Å²) in [6.45, 7) is 0. The van der Waals surface area contributed by atoms with Crippen LogP contribution in [0.15, 0.2) is 0 Å². The van der Waals surface area contributed by atoms with Crippen LogP contribution in [-0.4, -0.2) is 4.57 Å². The molecule has 0 aromatic rings. The minimum atomic E-state index is -2.51. The Morgan fingerprint density at radius 3 is 1.40 bits per heavy atom. The Balaban J connectivity index is 0. The summed E-state index contributed by atoms with van der Waals surface area (Å²) in [4.78, 5) is 0. The average Bonchev–Trinajstić information content (AvgIpc) is 1.46. The zero-order valence-electron chi connectivity index (χ0n) is 2.26. The molecule has 0 saturated carbocycles. The van der Waals surface area contributed by atoms with Gasteiger partial charge < -0.3 is 0 Å². The van der Waals surface area contributed by atoms with E-state index in [9.17, 15) is 0 Å². The van der Waals surface area contributed by atoms with E-state index in [2.05, 4.69) is 0 Å². The van der Waals surface area contributed by atoms with Crippen molar-refractivity contribution < 1.29 is 36.9 Å². The van der Waals surface area contributed by atoms with Gasteiger partial charge in [0, 0.05) is 0 Å². The van der Waals surface area contributed by atoms with Gasteiger partial charge in [-0.3, -0.25) is 4.57 Å². The van der Waals surface area contributed by atoms with Crippen LogP contribution in [0, 0.1) is 27.8 Å². The van der Waals surface area contributed by atoms with Gasteiger partial charge in [0.2, 0.25) is 0 Å². The van der Waals surface area contributed by atoms with Crippen molar-refractivity contribution in [1.29, 1.82) is 0 Å². The Morgan fingerprint density at radius 2 is 1.40 bits per heavy atom. The predicted octanol–water partition coefficient (Wildman–Crippen LogP) is 0.179. The van der Waals surface area contributed by atoms with Gasteiger partial charge in [0.15, 0.2) is 0 Å². The second-order valence-corrected chi connectivity index (χ2v) is 0.777. The third kappa shape index (κ3) is 63.6. The minimum absolute atomic E-state index is 1.97. The van der Waals surface area contributed by atoms with Gasteiger partial charge >= 0.3 is 41.4 Å². The first-order chi connectivity index (χ1) is 2.41. The SMILES string of the molecule is [OH+]=P.[O]=[U]=[O]. The zero-order chi connectivity index (χ0) is 4.71. The molecule has 0 aromatic carbocycles. The van der Waals surface area contributed by atoms with Crippen molar-refractivity contribution in [1.82, 2.24) is 0 Å². The number of hydrogen-bond donors (Lipinski definition) is 0. The zero-order valence-corrected chi connectivity index (χ0v) is 7.43. The molecule has 0 rings (SSSR count). The van der Waals surface area contributed by atoms with Crippen LogP contribution in [0.2, 0.25) is 0 Å². The van der Waals surface area contributed by atoms with Gasteiger partial charge in [0.25, 0.3) is 0 Å². The van der Waals surface area contributed by atoms with Crippen LogP contribution in [0.1, 0.15) is 0 Å². The number of hydrogen-bond acceptors (Lipinski definition) is 2.